The van der Waals surface area contributed by atoms with Crippen molar-refractivity contribution < 1.29 is 18.0 Å². The molecule has 2 aromatic carbocycles. The fourth-order valence-electron chi connectivity index (χ4n) is 4.05. The highest BCUT2D eigenvalue weighted by molar-refractivity contribution is 7.89. The van der Waals surface area contributed by atoms with Crippen LogP contribution in [-0.4, -0.2) is 57.1 Å². The van der Waals surface area contributed by atoms with Gasteiger partial charge in [0.25, 0.3) is 5.91 Å². The number of anilines is 2. The largest absolute Gasteiger partial charge is 0.369 e. The van der Waals surface area contributed by atoms with Gasteiger partial charge in [-0.3, -0.25) is 9.59 Å². The third kappa shape index (κ3) is 4.57. The normalized spacial score (nSPS) is 17.1. The number of piperazine rings is 1. The minimum absolute atomic E-state index is 0.199. The number of amides is 1. The molecule has 4 rings (SSSR count). The number of hydrogen-bond donors (Lipinski definition) is 0. The van der Waals surface area contributed by atoms with E-state index in [0.717, 1.165) is 11.3 Å². The number of halogens is 1. The van der Waals surface area contributed by atoms with Gasteiger partial charge in [0.05, 0.1) is 4.90 Å². The first-order chi connectivity index (χ1) is 15.3. The Morgan fingerprint density at radius 3 is 2.41 bits per heavy atom. The number of carbonyl (C=O) groups excluding carboxylic acids is 2. The summed E-state index contributed by atoms with van der Waals surface area (Å²) in [6, 6.07) is 12.4. The minimum Gasteiger partial charge on any atom is -0.369 e. The van der Waals surface area contributed by atoms with E-state index in [4.69, 9.17) is 11.6 Å². The molecule has 0 aromatic heterocycles. The molecule has 1 amide bonds. The van der Waals surface area contributed by atoms with E-state index in [0.29, 0.717) is 49.9 Å². The summed E-state index contributed by atoms with van der Waals surface area (Å²) in [4.78, 5) is 27.4. The lowest BCUT2D eigenvalue weighted by atomic mass is 10.2. The van der Waals surface area contributed by atoms with Crippen LogP contribution in [-0.2, 0) is 26.0 Å². The van der Waals surface area contributed by atoms with Crippen LogP contribution in [0.5, 0.6) is 0 Å². The standard InChI is InChI=1S/C23H24ClN3O4S/c1-17(28)5-8-23(29)27-10-9-18-15-21(6-7-22(18)27)32(30,31)26-13-11-25(12-14-26)20-4-2-3-19(24)16-20/h2-8,15-16H,9-14H2,1H3/b8-5+. The van der Waals surface area contributed by atoms with Crippen molar-refractivity contribution in [1.29, 1.82) is 0 Å². The van der Waals surface area contributed by atoms with E-state index >= 15 is 0 Å². The van der Waals surface area contributed by atoms with Crippen LogP contribution >= 0.6 is 11.6 Å². The molecule has 2 aromatic rings. The molecule has 2 heterocycles. The summed E-state index contributed by atoms with van der Waals surface area (Å²) >= 11 is 6.08. The summed E-state index contributed by atoms with van der Waals surface area (Å²) in [5.74, 6) is -0.485. The Labute approximate surface area is 192 Å². The van der Waals surface area contributed by atoms with Crippen LogP contribution in [0.1, 0.15) is 12.5 Å². The summed E-state index contributed by atoms with van der Waals surface area (Å²) in [5, 5.41) is 0.653. The van der Waals surface area contributed by atoms with Gasteiger partial charge in [0.2, 0.25) is 10.0 Å². The molecular formula is C23H24ClN3O4S. The van der Waals surface area contributed by atoms with E-state index in [2.05, 4.69) is 4.90 Å². The molecule has 1 fully saturated rings. The summed E-state index contributed by atoms with van der Waals surface area (Å²) in [6.07, 6.45) is 3.06. The predicted molar refractivity (Wildman–Crippen MR) is 125 cm³/mol. The lowest BCUT2D eigenvalue weighted by Gasteiger charge is -2.35. The second-order valence-corrected chi connectivity index (χ2v) is 10.2. The molecule has 0 N–H and O–H groups in total. The van der Waals surface area contributed by atoms with Crippen molar-refractivity contribution in [2.45, 2.75) is 18.2 Å². The van der Waals surface area contributed by atoms with Gasteiger partial charge in [-0.25, -0.2) is 8.42 Å². The number of benzene rings is 2. The Morgan fingerprint density at radius 1 is 0.969 bits per heavy atom. The maximum Gasteiger partial charge on any atom is 0.251 e. The van der Waals surface area contributed by atoms with Crippen LogP contribution in [0.25, 0.3) is 0 Å². The lowest BCUT2D eigenvalue weighted by molar-refractivity contribution is -0.115. The number of fused-ring (bicyclic) bond motifs is 1. The topological polar surface area (TPSA) is 78.0 Å². The van der Waals surface area contributed by atoms with Gasteiger partial charge in [0, 0.05) is 55.2 Å². The number of sulfonamides is 1. The molecule has 0 aliphatic carbocycles. The second-order valence-electron chi connectivity index (χ2n) is 7.85. The average molecular weight is 474 g/mol. The van der Waals surface area contributed by atoms with E-state index in [1.54, 1.807) is 23.1 Å². The Balaban J connectivity index is 1.47. The third-order valence-electron chi connectivity index (χ3n) is 5.72. The smallest absolute Gasteiger partial charge is 0.251 e. The molecule has 7 nitrogen and oxygen atoms in total. The molecule has 0 atom stereocenters. The molecule has 9 heteroatoms. The molecule has 2 aliphatic heterocycles. The number of allylic oxidation sites excluding steroid dienone is 1. The highest BCUT2D eigenvalue weighted by Gasteiger charge is 2.31. The summed E-state index contributed by atoms with van der Waals surface area (Å²) in [7, 11) is -3.64. The Hall–Kier alpha value is -2.68. The van der Waals surface area contributed by atoms with Crippen LogP contribution in [0.3, 0.4) is 0 Å². The fraction of sp³-hybridized carbons (Fsp3) is 0.304. The van der Waals surface area contributed by atoms with Crippen molar-refractivity contribution in [1.82, 2.24) is 4.31 Å². The molecule has 0 saturated carbocycles. The number of hydrogen-bond acceptors (Lipinski definition) is 5. The van der Waals surface area contributed by atoms with Gasteiger partial charge < -0.3 is 9.80 Å². The van der Waals surface area contributed by atoms with Crippen LogP contribution in [0, 0.1) is 0 Å². The zero-order valence-corrected chi connectivity index (χ0v) is 19.3. The highest BCUT2D eigenvalue weighted by atomic mass is 35.5. The average Bonchev–Trinajstić information content (AvgIpc) is 3.21. The van der Waals surface area contributed by atoms with Crippen molar-refractivity contribution in [2.75, 3.05) is 42.5 Å². The predicted octanol–water partition coefficient (Wildman–Crippen LogP) is 2.89. The summed E-state index contributed by atoms with van der Waals surface area (Å²) < 4.78 is 28.0. The van der Waals surface area contributed by atoms with E-state index in [1.165, 1.54) is 23.4 Å². The van der Waals surface area contributed by atoms with E-state index < -0.39 is 10.0 Å². The van der Waals surface area contributed by atoms with Crippen LogP contribution in [0.15, 0.2) is 59.5 Å². The van der Waals surface area contributed by atoms with Crippen molar-refractivity contribution in [3.8, 4) is 0 Å². The number of ketones is 1. The Kier molecular flexibility index (Phi) is 6.37. The number of rotatable bonds is 5. The van der Waals surface area contributed by atoms with Gasteiger partial charge in [-0.1, -0.05) is 17.7 Å². The molecule has 0 unspecified atom stereocenters. The molecular weight excluding hydrogens is 450 g/mol. The zero-order chi connectivity index (χ0) is 22.9. The van der Waals surface area contributed by atoms with E-state index in [-0.39, 0.29) is 16.6 Å². The SMILES string of the molecule is CC(=O)/C=C/C(=O)N1CCc2cc(S(=O)(=O)N3CCN(c4cccc(Cl)c4)CC3)ccc21. The van der Waals surface area contributed by atoms with Crippen molar-refractivity contribution in [3.63, 3.8) is 0 Å². The molecule has 1 saturated heterocycles. The second kappa shape index (κ2) is 9.05. The maximum absolute atomic E-state index is 13.2. The summed E-state index contributed by atoms with van der Waals surface area (Å²) in [6.45, 7) is 3.76. The van der Waals surface area contributed by atoms with Gasteiger partial charge in [-0.05, 0) is 61.4 Å². The zero-order valence-electron chi connectivity index (χ0n) is 17.7. The maximum atomic E-state index is 13.2. The fourth-order valence-corrected chi connectivity index (χ4v) is 5.71. The molecule has 32 heavy (non-hydrogen) atoms. The first-order valence-electron chi connectivity index (χ1n) is 10.4. The van der Waals surface area contributed by atoms with Crippen LogP contribution in [0.2, 0.25) is 5.02 Å². The molecule has 2 aliphatic rings. The highest BCUT2D eigenvalue weighted by Crippen LogP contribution is 2.32. The van der Waals surface area contributed by atoms with Crippen molar-refractivity contribution in [3.05, 3.63) is 65.2 Å². The van der Waals surface area contributed by atoms with E-state index in [1.807, 2.05) is 24.3 Å². The summed E-state index contributed by atoms with van der Waals surface area (Å²) in [5.41, 5.74) is 2.48. The van der Waals surface area contributed by atoms with Crippen molar-refractivity contribution in [2.24, 2.45) is 0 Å². The minimum atomic E-state index is -3.64. The van der Waals surface area contributed by atoms with Crippen LogP contribution in [0.4, 0.5) is 11.4 Å². The third-order valence-corrected chi connectivity index (χ3v) is 7.85. The molecule has 168 valence electrons. The van der Waals surface area contributed by atoms with Gasteiger partial charge in [0.15, 0.2) is 5.78 Å². The first-order valence-corrected chi connectivity index (χ1v) is 12.2. The molecule has 0 radical (unpaired) electrons. The number of nitrogens with zero attached hydrogens (tertiary/aromatic N) is 3. The van der Waals surface area contributed by atoms with E-state index in [9.17, 15) is 18.0 Å². The van der Waals surface area contributed by atoms with Crippen molar-refractivity contribution >= 4 is 44.7 Å². The lowest BCUT2D eigenvalue weighted by Crippen LogP contribution is -2.48. The molecule has 0 spiro atoms. The first kappa shape index (κ1) is 22.5. The monoisotopic (exact) mass is 473 g/mol. The van der Waals surface area contributed by atoms with Crippen LogP contribution < -0.4 is 9.80 Å². The quantitative estimate of drug-likeness (QED) is 0.624. The van der Waals surface area contributed by atoms with Gasteiger partial charge in [0.1, 0.15) is 0 Å². The number of carbonyl (C=O) groups is 2. The van der Waals surface area contributed by atoms with Gasteiger partial charge in [-0.15, -0.1) is 0 Å². The van der Waals surface area contributed by atoms with Gasteiger partial charge in [-0.2, -0.15) is 4.31 Å². The Morgan fingerprint density at radius 2 is 1.72 bits per heavy atom. The molecule has 0 bridgehead atoms. The van der Waals surface area contributed by atoms with Gasteiger partial charge >= 0.3 is 0 Å². The Bertz CT molecular complexity index is 1190.